The van der Waals surface area contributed by atoms with Crippen LogP contribution in [0.1, 0.15) is 55.1 Å². The average molecular weight is 271 g/mol. The van der Waals surface area contributed by atoms with Gasteiger partial charge in [-0.2, -0.15) is 0 Å². The summed E-state index contributed by atoms with van der Waals surface area (Å²) in [5, 5.41) is 0.0433. The van der Waals surface area contributed by atoms with E-state index in [1.807, 2.05) is 0 Å². The normalized spacial score (nSPS) is 29.6. The molecule has 0 bridgehead atoms. The van der Waals surface area contributed by atoms with Gasteiger partial charge in [-0.25, -0.2) is 0 Å². The van der Waals surface area contributed by atoms with Crippen molar-refractivity contribution >= 4 is 11.6 Å². The number of fused-ring (bicyclic) bond motifs is 3. The lowest BCUT2D eigenvalue weighted by Crippen LogP contribution is -2.16. The summed E-state index contributed by atoms with van der Waals surface area (Å²) in [5.41, 5.74) is -6.52. The molecule has 92 valence electrons. The van der Waals surface area contributed by atoms with Crippen LogP contribution in [-0.4, -0.2) is 0 Å². The standard InChI is InChI=1S/C17H17Cl/c1-10-7-11(2)16-14(8-10)13-9-12(18)5-6-15(13)17(16,3)4/h5-9H,1-4H3/i1D3,2D3,3D3,4D3,7D,8D. The maximum Gasteiger partial charge on any atom is 0.0632 e. The van der Waals surface area contributed by atoms with Gasteiger partial charge < -0.3 is 0 Å². The number of hydrogen-bond donors (Lipinski definition) is 0. The van der Waals surface area contributed by atoms with E-state index in [2.05, 4.69) is 0 Å². The molecule has 2 aromatic carbocycles. The SMILES string of the molecule is [2H]c1c2c(c(C([2H])([2H])[2H])c([2H])c1C([2H])([2H])[2H])C(C([2H])([2H])[2H])(C([2H])([2H])[2H])c1ccc(Cl)cc1-2. The highest BCUT2D eigenvalue weighted by atomic mass is 35.5. The second-order valence-electron chi connectivity index (χ2n) is 4.19. The Balaban J connectivity index is 2.80. The molecule has 0 heterocycles. The summed E-state index contributed by atoms with van der Waals surface area (Å²) in [7, 11) is 0. The summed E-state index contributed by atoms with van der Waals surface area (Å²) in [6.07, 6.45) is 0. The molecule has 1 heteroatoms. The van der Waals surface area contributed by atoms with Crippen molar-refractivity contribution in [3.63, 3.8) is 0 Å². The zero-order chi connectivity index (χ0) is 24.8. The molecule has 0 unspecified atom stereocenters. The van der Waals surface area contributed by atoms with E-state index in [4.69, 9.17) is 30.8 Å². The van der Waals surface area contributed by atoms with Crippen molar-refractivity contribution < 1.29 is 19.2 Å². The van der Waals surface area contributed by atoms with Gasteiger partial charge in [-0.15, -0.1) is 0 Å². The molecule has 0 aromatic heterocycles. The molecule has 3 rings (SSSR count). The van der Waals surface area contributed by atoms with Crippen LogP contribution in [0.3, 0.4) is 0 Å². The fourth-order valence-electron chi connectivity index (χ4n) is 2.29. The molecule has 0 radical (unpaired) electrons. The summed E-state index contributed by atoms with van der Waals surface area (Å²) in [6.45, 7) is -13.0. The molecule has 0 spiro atoms. The van der Waals surface area contributed by atoms with Crippen molar-refractivity contribution in [2.24, 2.45) is 0 Å². The first-order valence-electron chi connectivity index (χ1n) is 12.2. The van der Waals surface area contributed by atoms with E-state index in [1.165, 1.54) is 12.1 Å². The second kappa shape index (κ2) is 3.61. The molecule has 2 aromatic rings. The molecule has 0 aliphatic heterocycles. The van der Waals surface area contributed by atoms with Crippen molar-refractivity contribution in [3.8, 4) is 11.1 Å². The van der Waals surface area contributed by atoms with Gasteiger partial charge in [-0.05, 0) is 53.7 Å². The lowest BCUT2D eigenvalue weighted by Gasteiger charge is -2.23. The van der Waals surface area contributed by atoms with Crippen LogP contribution in [0.4, 0.5) is 0 Å². The molecule has 0 amide bonds. The molecule has 0 N–H and O–H groups in total. The van der Waals surface area contributed by atoms with Gasteiger partial charge in [0.2, 0.25) is 0 Å². The summed E-state index contributed by atoms with van der Waals surface area (Å²) in [5.74, 6) is 0. The summed E-state index contributed by atoms with van der Waals surface area (Å²) in [6, 6.07) is 1.65. The lowest BCUT2D eigenvalue weighted by molar-refractivity contribution is 0.655. The Morgan fingerprint density at radius 1 is 1.17 bits per heavy atom. The molecule has 0 saturated carbocycles. The van der Waals surface area contributed by atoms with Crippen molar-refractivity contribution in [1.82, 2.24) is 0 Å². The Bertz CT molecular complexity index is 1090. The minimum absolute atomic E-state index is 0.0433. The van der Waals surface area contributed by atoms with E-state index >= 15 is 0 Å². The first-order chi connectivity index (χ1) is 14.2. The van der Waals surface area contributed by atoms with Crippen LogP contribution < -0.4 is 0 Å². The van der Waals surface area contributed by atoms with Crippen LogP contribution in [0.2, 0.25) is 5.02 Å². The molecule has 1 aliphatic rings. The summed E-state index contributed by atoms with van der Waals surface area (Å²) < 4.78 is 113. The molecule has 0 saturated heterocycles. The summed E-state index contributed by atoms with van der Waals surface area (Å²) in [4.78, 5) is 0. The Morgan fingerprint density at radius 3 is 2.78 bits per heavy atom. The van der Waals surface area contributed by atoms with Crippen molar-refractivity contribution in [2.45, 2.75) is 32.8 Å². The fraction of sp³-hybridized carbons (Fsp3) is 0.294. The molecule has 0 nitrogen and oxygen atoms in total. The smallest absolute Gasteiger partial charge is 0.0632 e. The van der Waals surface area contributed by atoms with E-state index in [0.717, 1.165) is 6.07 Å². The van der Waals surface area contributed by atoms with Crippen LogP contribution in [0.5, 0.6) is 0 Å². The van der Waals surface area contributed by atoms with Crippen molar-refractivity contribution in [2.75, 3.05) is 0 Å². The zero-order valence-corrected chi connectivity index (χ0v) is 9.87. The highest BCUT2D eigenvalue weighted by Crippen LogP contribution is 2.50. The summed E-state index contributed by atoms with van der Waals surface area (Å²) >= 11 is 6.05. The Hall–Kier alpha value is -1.27. The molecule has 1 aliphatic carbocycles. The van der Waals surface area contributed by atoms with E-state index < -0.39 is 67.2 Å². The third-order valence-corrected chi connectivity index (χ3v) is 3.27. The molecular formula is C17H17Cl. The monoisotopic (exact) mass is 270 g/mol. The Kier molecular flexibility index (Phi) is 0.776. The van der Waals surface area contributed by atoms with Gasteiger partial charge in [0.05, 0.1) is 2.74 Å². The maximum absolute atomic E-state index is 8.54. The molecule has 0 atom stereocenters. The topological polar surface area (TPSA) is 0 Å². The first kappa shape index (κ1) is 3.86. The van der Waals surface area contributed by atoms with Gasteiger partial charge in [-0.1, -0.05) is 49.0 Å². The minimum atomic E-state index is -3.35. The fourth-order valence-corrected chi connectivity index (χ4v) is 2.47. The first-order valence-corrected chi connectivity index (χ1v) is 5.55. The average Bonchev–Trinajstić information content (AvgIpc) is 2.82. The predicted octanol–water partition coefficient (Wildman–Crippen LogP) is 5.26. The quantitative estimate of drug-likeness (QED) is 0.612. The number of hydrogen-bond acceptors (Lipinski definition) is 0. The van der Waals surface area contributed by atoms with Gasteiger partial charge in [0, 0.05) is 26.9 Å². The highest BCUT2D eigenvalue weighted by molar-refractivity contribution is 6.31. The van der Waals surface area contributed by atoms with Crippen molar-refractivity contribution in [1.29, 1.82) is 0 Å². The van der Waals surface area contributed by atoms with E-state index in [1.54, 1.807) is 0 Å². The molecular weight excluding hydrogens is 240 g/mol. The van der Waals surface area contributed by atoms with Gasteiger partial charge in [0.1, 0.15) is 0 Å². The van der Waals surface area contributed by atoms with Gasteiger partial charge in [0.15, 0.2) is 0 Å². The van der Waals surface area contributed by atoms with Gasteiger partial charge in [0.25, 0.3) is 0 Å². The third kappa shape index (κ3) is 1.45. The Labute approximate surface area is 133 Å². The zero-order valence-electron chi connectivity index (χ0n) is 23.1. The van der Waals surface area contributed by atoms with Crippen molar-refractivity contribution in [3.05, 3.63) is 57.6 Å². The van der Waals surface area contributed by atoms with Crippen LogP contribution in [0.15, 0.2) is 30.3 Å². The Morgan fingerprint density at radius 2 is 2.06 bits per heavy atom. The highest BCUT2D eigenvalue weighted by Gasteiger charge is 2.36. The predicted molar refractivity (Wildman–Crippen MR) is 78.5 cm³/mol. The largest absolute Gasteiger partial charge is 0.0843 e. The van der Waals surface area contributed by atoms with Crippen LogP contribution in [0.25, 0.3) is 11.1 Å². The van der Waals surface area contributed by atoms with Gasteiger partial charge >= 0.3 is 0 Å². The van der Waals surface area contributed by atoms with Crippen LogP contribution >= 0.6 is 11.6 Å². The van der Waals surface area contributed by atoms with E-state index in [-0.39, 0.29) is 16.1 Å². The number of benzene rings is 2. The third-order valence-electron chi connectivity index (χ3n) is 3.03. The van der Waals surface area contributed by atoms with Gasteiger partial charge in [-0.3, -0.25) is 0 Å². The van der Waals surface area contributed by atoms with Crippen LogP contribution in [-0.2, 0) is 5.41 Å². The van der Waals surface area contributed by atoms with E-state index in [0.29, 0.717) is 0 Å². The number of rotatable bonds is 0. The minimum Gasteiger partial charge on any atom is -0.0843 e. The van der Waals surface area contributed by atoms with Crippen LogP contribution in [0, 0.1) is 13.7 Å². The molecule has 18 heavy (non-hydrogen) atoms. The number of halogens is 1. The second-order valence-corrected chi connectivity index (χ2v) is 4.63. The lowest BCUT2D eigenvalue weighted by atomic mass is 9.80. The molecule has 0 fully saturated rings. The maximum atomic E-state index is 8.54. The van der Waals surface area contributed by atoms with E-state index in [9.17, 15) is 0 Å².